The molecule has 1 aliphatic heterocycles. The van der Waals surface area contributed by atoms with Gasteiger partial charge in [-0.3, -0.25) is 0 Å². The molecule has 0 bridgehead atoms. The molecule has 0 radical (unpaired) electrons. The van der Waals surface area contributed by atoms with E-state index in [9.17, 15) is 0 Å². The van der Waals surface area contributed by atoms with Gasteiger partial charge in [-0.1, -0.05) is 38.5 Å². The van der Waals surface area contributed by atoms with Crippen molar-refractivity contribution in [3.05, 3.63) is 29.8 Å². The van der Waals surface area contributed by atoms with Gasteiger partial charge < -0.3 is 5.32 Å². The molecule has 0 aliphatic carbocycles. The highest BCUT2D eigenvalue weighted by Crippen LogP contribution is 2.36. The van der Waals surface area contributed by atoms with E-state index in [0.29, 0.717) is 0 Å². The van der Waals surface area contributed by atoms with Crippen LogP contribution in [0, 0.1) is 5.92 Å². The molecular formula is C14H21NS. The molecule has 0 amide bonds. The van der Waals surface area contributed by atoms with Gasteiger partial charge in [0.2, 0.25) is 0 Å². The van der Waals surface area contributed by atoms with E-state index in [2.05, 4.69) is 43.4 Å². The fraction of sp³-hybridized carbons (Fsp3) is 0.571. The predicted molar refractivity (Wildman–Crippen MR) is 72.1 cm³/mol. The van der Waals surface area contributed by atoms with E-state index in [1.54, 1.807) is 0 Å². The summed E-state index contributed by atoms with van der Waals surface area (Å²) < 4.78 is 0. The summed E-state index contributed by atoms with van der Waals surface area (Å²) in [5, 5.41) is 4.33. The van der Waals surface area contributed by atoms with Crippen molar-refractivity contribution in [2.45, 2.75) is 36.8 Å². The lowest BCUT2D eigenvalue weighted by atomic mass is 10.1. The van der Waals surface area contributed by atoms with E-state index in [1.165, 1.54) is 23.3 Å². The number of nitrogens with one attached hydrogen (secondary N) is 1. The van der Waals surface area contributed by atoms with Crippen LogP contribution in [0.4, 0.5) is 0 Å². The van der Waals surface area contributed by atoms with Crippen LogP contribution in [0.25, 0.3) is 0 Å². The molecule has 0 fully saturated rings. The highest BCUT2D eigenvalue weighted by Gasteiger charge is 2.21. The molecule has 2 rings (SSSR count). The zero-order chi connectivity index (χ0) is 11.4. The summed E-state index contributed by atoms with van der Waals surface area (Å²) in [5.41, 5.74) is 1.53. The number of hydrogen-bond donors (Lipinski definition) is 1. The van der Waals surface area contributed by atoms with Gasteiger partial charge in [-0.2, -0.15) is 0 Å². The Morgan fingerprint density at radius 3 is 3.00 bits per heavy atom. The first kappa shape index (κ1) is 12.0. The Bertz CT molecular complexity index is 312. The minimum atomic E-state index is 0.737. The highest BCUT2D eigenvalue weighted by atomic mass is 32.2. The molecule has 2 unspecified atom stereocenters. The third-order valence-corrected chi connectivity index (χ3v) is 4.59. The zero-order valence-corrected chi connectivity index (χ0v) is 11.0. The van der Waals surface area contributed by atoms with Crippen LogP contribution < -0.4 is 5.32 Å². The Balaban J connectivity index is 1.75. The molecule has 1 aliphatic rings. The van der Waals surface area contributed by atoms with Gasteiger partial charge in [0.15, 0.2) is 0 Å². The Morgan fingerprint density at radius 1 is 1.44 bits per heavy atom. The fourth-order valence-electron chi connectivity index (χ4n) is 2.00. The fourth-order valence-corrected chi connectivity index (χ4v) is 3.29. The number of rotatable bonds is 5. The molecule has 1 N–H and O–H groups in total. The maximum atomic E-state index is 3.59. The molecule has 88 valence electrons. The first-order valence-electron chi connectivity index (χ1n) is 6.25. The Hall–Kier alpha value is -0.470. The second-order valence-electron chi connectivity index (χ2n) is 4.72. The molecule has 1 aromatic rings. The van der Waals surface area contributed by atoms with Crippen molar-refractivity contribution in [2.75, 3.05) is 13.1 Å². The second-order valence-corrected chi connectivity index (χ2v) is 6.07. The molecule has 0 saturated carbocycles. The van der Waals surface area contributed by atoms with Gasteiger partial charge in [-0.15, -0.1) is 11.8 Å². The smallest absolute Gasteiger partial charge is 0.0260 e. The Morgan fingerprint density at radius 2 is 2.25 bits per heavy atom. The molecule has 1 heterocycles. The molecular weight excluding hydrogens is 214 g/mol. The minimum Gasteiger partial charge on any atom is -0.315 e. The van der Waals surface area contributed by atoms with Gasteiger partial charge in [-0.25, -0.2) is 0 Å². The summed E-state index contributed by atoms with van der Waals surface area (Å²) in [7, 11) is 0. The third kappa shape index (κ3) is 3.02. The molecule has 0 saturated heterocycles. The Kier molecular flexibility index (Phi) is 4.30. The van der Waals surface area contributed by atoms with E-state index in [4.69, 9.17) is 0 Å². The number of benzene rings is 1. The van der Waals surface area contributed by atoms with Crippen LogP contribution in [0.15, 0.2) is 29.2 Å². The third-order valence-electron chi connectivity index (χ3n) is 3.28. The molecule has 2 atom stereocenters. The summed E-state index contributed by atoms with van der Waals surface area (Å²) in [4.78, 5) is 1.48. The van der Waals surface area contributed by atoms with Gasteiger partial charge in [0.05, 0.1) is 0 Å². The van der Waals surface area contributed by atoms with Crippen LogP contribution in [-0.4, -0.2) is 18.3 Å². The van der Waals surface area contributed by atoms with Crippen molar-refractivity contribution in [3.8, 4) is 0 Å². The quantitative estimate of drug-likeness (QED) is 0.840. The topological polar surface area (TPSA) is 12.0 Å². The molecule has 2 heteroatoms. The van der Waals surface area contributed by atoms with Gasteiger partial charge in [0, 0.05) is 16.7 Å². The van der Waals surface area contributed by atoms with Crippen LogP contribution in [0.2, 0.25) is 0 Å². The zero-order valence-electron chi connectivity index (χ0n) is 10.2. The summed E-state index contributed by atoms with van der Waals surface area (Å²) in [6.07, 6.45) is 2.50. The van der Waals surface area contributed by atoms with Crippen LogP contribution in [0.3, 0.4) is 0 Å². The molecule has 0 spiro atoms. The molecule has 1 aromatic carbocycles. The highest BCUT2D eigenvalue weighted by molar-refractivity contribution is 8.00. The van der Waals surface area contributed by atoms with Crippen molar-refractivity contribution in [1.29, 1.82) is 0 Å². The maximum Gasteiger partial charge on any atom is 0.0260 e. The lowest BCUT2D eigenvalue weighted by Gasteiger charge is -2.13. The van der Waals surface area contributed by atoms with Gasteiger partial charge in [0.25, 0.3) is 0 Å². The first-order chi connectivity index (χ1) is 7.79. The molecule has 16 heavy (non-hydrogen) atoms. The standard InChI is InChI=1S/C14H21NS/c1-3-11(2)9-15-10-13-8-12-6-4-5-7-14(12)16-13/h4-7,11,13,15H,3,8-10H2,1-2H3. The van der Waals surface area contributed by atoms with Crippen molar-refractivity contribution < 1.29 is 0 Å². The average Bonchev–Trinajstić information content (AvgIpc) is 2.71. The van der Waals surface area contributed by atoms with Crippen molar-refractivity contribution in [2.24, 2.45) is 5.92 Å². The normalized spacial score (nSPS) is 20.8. The summed E-state index contributed by atoms with van der Waals surface area (Å²) in [6.45, 7) is 6.86. The minimum absolute atomic E-state index is 0.737. The van der Waals surface area contributed by atoms with Crippen LogP contribution >= 0.6 is 11.8 Å². The largest absolute Gasteiger partial charge is 0.315 e. The summed E-state index contributed by atoms with van der Waals surface area (Å²) in [5.74, 6) is 0.800. The van der Waals surface area contributed by atoms with E-state index >= 15 is 0 Å². The van der Waals surface area contributed by atoms with Crippen molar-refractivity contribution >= 4 is 11.8 Å². The average molecular weight is 235 g/mol. The summed E-state index contributed by atoms with van der Waals surface area (Å²) >= 11 is 2.03. The Labute approximate surface area is 103 Å². The lowest BCUT2D eigenvalue weighted by Crippen LogP contribution is -2.28. The van der Waals surface area contributed by atoms with Crippen LogP contribution in [0.1, 0.15) is 25.8 Å². The number of thioether (sulfide) groups is 1. The van der Waals surface area contributed by atoms with Crippen LogP contribution in [-0.2, 0) is 6.42 Å². The lowest BCUT2D eigenvalue weighted by molar-refractivity contribution is 0.499. The van der Waals surface area contributed by atoms with Gasteiger partial charge >= 0.3 is 0 Å². The number of hydrogen-bond acceptors (Lipinski definition) is 2. The maximum absolute atomic E-state index is 3.59. The van der Waals surface area contributed by atoms with Gasteiger partial charge in [-0.05, 0) is 30.5 Å². The van der Waals surface area contributed by atoms with E-state index in [-0.39, 0.29) is 0 Å². The first-order valence-corrected chi connectivity index (χ1v) is 7.12. The van der Waals surface area contributed by atoms with E-state index < -0.39 is 0 Å². The van der Waals surface area contributed by atoms with Crippen molar-refractivity contribution in [3.63, 3.8) is 0 Å². The van der Waals surface area contributed by atoms with E-state index in [1.807, 2.05) is 11.8 Å². The summed E-state index contributed by atoms with van der Waals surface area (Å²) in [6, 6.07) is 8.79. The van der Waals surface area contributed by atoms with Crippen molar-refractivity contribution in [1.82, 2.24) is 5.32 Å². The monoisotopic (exact) mass is 235 g/mol. The number of fused-ring (bicyclic) bond motifs is 1. The SMILES string of the molecule is CCC(C)CNCC1Cc2ccccc2S1. The second kappa shape index (κ2) is 5.74. The van der Waals surface area contributed by atoms with Gasteiger partial charge in [0.1, 0.15) is 0 Å². The predicted octanol–water partition coefficient (Wildman–Crippen LogP) is 3.34. The van der Waals surface area contributed by atoms with Crippen LogP contribution in [0.5, 0.6) is 0 Å². The molecule has 1 nitrogen and oxygen atoms in total. The molecule has 0 aromatic heterocycles. The van der Waals surface area contributed by atoms with E-state index in [0.717, 1.165) is 24.3 Å².